The van der Waals surface area contributed by atoms with E-state index in [0.29, 0.717) is 16.9 Å². The third-order valence-corrected chi connectivity index (χ3v) is 4.34. The molecule has 1 aliphatic rings. The van der Waals surface area contributed by atoms with Crippen LogP contribution in [0.1, 0.15) is 34.3 Å². The molecule has 0 bridgehead atoms. The number of nitrogens with two attached hydrogens (primary N) is 1. The molecule has 0 radical (unpaired) electrons. The van der Waals surface area contributed by atoms with E-state index in [2.05, 4.69) is 0 Å². The second-order valence-electron chi connectivity index (χ2n) is 6.64. The summed E-state index contributed by atoms with van der Waals surface area (Å²) in [5.74, 6) is -0.527. The number of hydrogen-bond donors (Lipinski definition) is 1. The van der Waals surface area contributed by atoms with Gasteiger partial charge in [-0.25, -0.2) is 0 Å². The van der Waals surface area contributed by atoms with Gasteiger partial charge in [-0.1, -0.05) is 18.2 Å². The smallest absolute Gasteiger partial charge is 0.416 e. The Hall–Kier alpha value is -3.03. The molecule has 1 aliphatic carbocycles. The molecule has 2 amide bonds. The number of ether oxygens (including phenoxy) is 1. The maximum absolute atomic E-state index is 12.9. The van der Waals surface area contributed by atoms with Crippen molar-refractivity contribution in [1.82, 2.24) is 4.90 Å². The Morgan fingerprint density at radius 3 is 2.36 bits per heavy atom. The van der Waals surface area contributed by atoms with Gasteiger partial charge in [0.15, 0.2) is 6.61 Å². The molecule has 0 aromatic heterocycles. The molecule has 0 atom stereocenters. The zero-order chi connectivity index (χ0) is 20.3. The number of benzene rings is 2. The van der Waals surface area contributed by atoms with Crippen LogP contribution in [0.15, 0.2) is 48.5 Å². The van der Waals surface area contributed by atoms with E-state index in [9.17, 15) is 22.8 Å². The number of hydrogen-bond acceptors (Lipinski definition) is 3. The van der Waals surface area contributed by atoms with Crippen molar-refractivity contribution in [2.24, 2.45) is 5.73 Å². The third-order valence-electron chi connectivity index (χ3n) is 4.34. The summed E-state index contributed by atoms with van der Waals surface area (Å²) in [6.07, 6.45) is -2.69. The lowest BCUT2D eigenvalue weighted by Gasteiger charge is -2.23. The zero-order valence-corrected chi connectivity index (χ0v) is 14.9. The Balaban J connectivity index is 1.74. The first-order valence-electron chi connectivity index (χ1n) is 8.72. The molecule has 148 valence electrons. The number of nitrogens with zero attached hydrogens (tertiary/aromatic N) is 1. The molecule has 0 aliphatic heterocycles. The fourth-order valence-corrected chi connectivity index (χ4v) is 2.79. The Morgan fingerprint density at radius 1 is 1.11 bits per heavy atom. The molecule has 0 saturated heterocycles. The molecule has 2 aromatic rings. The molecule has 3 rings (SSSR count). The lowest BCUT2D eigenvalue weighted by atomic mass is 10.1. The normalized spacial score (nSPS) is 13.8. The van der Waals surface area contributed by atoms with Crippen molar-refractivity contribution in [3.63, 3.8) is 0 Å². The van der Waals surface area contributed by atoms with Crippen LogP contribution in [0.3, 0.4) is 0 Å². The monoisotopic (exact) mass is 392 g/mol. The van der Waals surface area contributed by atoms with Crippen LogP contribution in [0, 0.1) is 0 Å². The van der Waals surface area contributed by atoms with Gasteiger partial charge in [-0.05, 0) is 48.7 Å². The van der Waals surface area contributed by atoms with E-state index in [1.807, 2.05) is 0 Å². The second kappa shape index (κ2) is 7.92. The molecule has 28 heavy (non-hydrogen) atoms. The van der Waals surface area contributed by atoms with Crippen LogP contribution in [0.4, 0.5) is 13.2 Å². The van der Waals surface area contributed by atoms with Gasteiger partial charge in [0.25, 0.3) is 11.8 Å². The molecule has 2 aromatic carbocycles. The van der Waals surface area contributed by atoms with Gasteiger partial charge in [-0.15, -0.1) is 0 Å². The van der Waals surface area contributed by atoms with Crippen molar-refractivity contribution >= 4 is 11.8 Å². The van der Waals surface area contributed by atoms with Gasteiger partial charge in [-0.2, -0.15) is 13.2 Å². The molecule has 0 unspecified atom stereocenters. The summed E-state index contributed by atoms with van der Waals surface area (Å²) in [4.78, 5) is 25.4. The fraction of sp³-hybridized carbons (Fsp3) is 0.300. The summed E-state index contributed by atoms with van der Waals surface area (Å²) < 4.78 is 43.4. The first-order valence-corrected chi connectivity index (χ1v) is 8.72. The number of rotatable bonds is 7. The fourth-order valence-electron chi connectivity index (χ4n) is 2.79. The van der Waals surface area contributed by atoms with Crippen LogP contribution in [0.25, 0.3) is 0 Å². The summed E-state index contributed by atoms with van der Waals surface area (Å²) in [5.41, 5.74) is 5.32. The van der Waals surface area contributed by atoms with Crippen molar-refractivity contribution in [2.75, 3.05) is 6.61 Å². The second-order valence-corrected chi connectivity index (χ2v) is 6.64. The average molecular weight is 392 g/mol. The van der Waals surface area contributed by atoms with Crippen LogP contribution >= 0.6 is 0 Å². The molecule has 1 fully saturated rings. The van der Waals surface area contributed by atoms with Crippen molar-refractivity contribution in [1.29, 1.82) is 0 Å². The van der Waals surface area contributed by atoms with Crippen molar-refractivity contribution in [2.45, 2.75) is 31.6 Å². The molecule has 1 saturated carbocycles. The van der Waals surface area contributed by atoms with Gasteiger partial charge in [0.1, 0.15) is 5.75 Å². The molecule has 0 spiro atoms. The number of carbonyl (C=O) groups excluding carboxylic acids is 2. The lowest BCUT2D eigenvalue weighted by Crippen LogP contribution is -2.32. The number of primary amides is 1. The van der Waals surface area contributed by atoms with Gasteiger partial charge >= 0.3 is 6.18 Å². The Labute approximate surface area is 159 Å². The van der Waals surface area contributed by atoms with Crippen LogP contribution in [0.2, 0.25) is 0 Å². The van der Waals surface area contributed by atoms with Crippen molar-refractivity contribution in [3.05, 3.63) is 65.2 Å². The maximum atomic E-state index is 12.9. The summed E-state index contributed by atoms with van der Waals surface area (Å²) in [6.45, 7) is -0.0798. The SMILES string of the molecule is NC(=O)COc1cccc(C(=O)N(Cc2ccc(C(F)(F)F)cc2)C2CC2)c1. The van der Waals surface area contributed by atoms with Crippen LogP contribution in [0.5, 0.6) is 5.75 Å². The molecular weight excluding hydrogens is 373 g/mol. The highest BCUT2D eigenvalue weighted by molar-refractivity contribution is 5.95. The van der Waals surface area contributed by atoms with E-state index in [1.54, 1.807) is 23.1 Å². The quantitative estimate of drug-likeness (QED) is 0.785. The standard InChI is InChI=1S/C20H19F3N2O3/c21-20(22,23)15-6-4-13(5-7-15)11-25(16-8-9-16)19(27)14-2-1-3-17(10-14)28-12-18(24)26/h1-7,10,16H,8-9,11-12H2,(H2,24,26). The average Bonchev–Trinajstić information content (AvgIpc) is 3.49. The van der Waals surface area contributed by atoms with E-state index in [1.165, 1.54) is 18.2 Å². The Morgan fingerprint density at radius 2 is 1.79 bits per heavy atom. The Bertz CT molecular complexity index is 862. The molecule has 5 nitrogen and oxygen atoms in total. The molecule has 0 heterocycles. The van der Waals surface area contributed by atoms with E-state index in [0.717, 1.165) is 25.0 Å². The third kappa shape index (κ3) is 5.03. The number of carbonyl (C=O) groups is 2. The molecule has 8 heteroatoms. The van der Waals surface area contributed by atoms with Crippen LogP contribution in [-0.2, 0) is 17.5 Å². The highest BCUT2D eigenvalue weighted by Gasteiger charge is 2.34. The van der Waals surface area contributed by atoms with Gasteiger partial charge in [0, 0.05) is 18.2 Å². The minimum Gasteiger partial charge on any atom is -0.484 e. The van der Waals surface area contributed by atoms with Gasteiger partial charge in [0.2, 0.25) is 0 Å². The first-order chi connectivity index (χ1) is 13.2. The van der Waals surface area contributed by atoms with Crippen molar-refractivity contribution < 1.29 is 27.5 Å². The zero-order valence-electron chi connectivity index (χ0n) is 14.9. The molecule has 2 N–H and O–H groups in total. The largest absolute Gasteiger partial charge is 0.484 e. The van der Waals surface area contributed by atoms with Gasteiger partial charge in [-0.3, -0.25) is 9.59 Å². The highest BCUT2D eigenvalue weighted by atomic mass is 19.4. The number of alkyl halides is 3. The number of halogens is 3. The highest BCUT2D eigenvalue weighted by Crippen LogP contribution is 2.32. The van der Waals surface area contributed by atoms with Crippen LogP contribution in [-0.4, -0.2) is 29.4 Å². The van der Waals surface area contributed by atoms with E-state index in [4.69, 9.17) is 10.5 Å². The van der Waals surface area contributed by atoms with Crippen molar-refractivity contribution in [3.8, 4) is 5.75 Å². The summed E-state index contributed by atoms with van der Waals surface area (Å²) in [7, 11) is 0. The summed E-state index contributed by atoms with van der Waals surface area (Å²) >= 11 is 0. The molecular formula is C20H19F3N2O3. The van der Waals surface area contributed by atoms with Gasteiger partial charge in [0.05, 0.1) is 5.56 Å². The topological polar surface area (TPSA) is 72.6 Å². The maximum Gasteiger partial charge on any atom is 0.416 e. The number of amides is 2. The minimum atomic E-state index is -4.39. The summed E-state index contributed by atoms with van der Waals surface area (Å²) in [5, 5.41) is 0. The predicted molar refractivity (Wildman–Crippen MR) is 95.5 cm³/mol. The summed E-state index contributed by atoms with van der Waals surface area (Å²) in [6, 6.07) is 11.3. The lowest BCUT2D eigenvalue weighted by molar-refractivity contribution is -0.137. The minimum absolute atomic E-state index is 0.0602. The Kier molecular flexibility index (Phi) is 5.58. The van der Waals surface area contributed by atoms with Crippen LogP contribution < -0.4 is 10.5 Å². The van der Waals surface area contributed by atoms with Gasteiger partial charge < -0.3 is 15.4 Å². The van der Waals surface area contributed by atoms with E-state index in [-0.39, 0.29) is 25.1 Å². The van der Waals surface area contributed by atoms with E-state index >= 15 is 0 Å². The van der Waals surface area contributed by atoms with E-state index < -0.39 is 17.6 Å². The first kappa shape index (κ1) is 19.7. The predicted octanol–water partition coefficient (Wildman–Crippen LogP) is 3.37.